The normalized spacial score (nSPS) is 10.3. The van der Waals surface area contributed by atoms with Crippen molar-refractivity contribution >= 4 is 28.9 Å². The first-order valence-corrected chi connectivity index (χ1v) is 7.24. The van der Waals surface area contributed by atoms with Gasteiger partial charge in [-0.05, 0) is 35.1 Å². The highest BCUT2D eigenvalue weighted by molar-refractivity contribution is 7.12. The zero-order chi connectivity index (χ0) is 14.5. The second kappa shape index (κ2) is 6.34. The lowest BCUT2D eigenvalue weighted by Gasteiger charge is -2.10. The molecule has 20 heavy (non-hydrogen) atoms. The van der Waals surface area contributed by atoms with Gasteiger partial charge in [0.2, 0.25) is 0 Å². The molecule has 2 aromatic rings. The minimum atomic E-state index is -0.267. The van der Waals surface area contributed by atoms with Crippen LogP contribution in [0.4, 0.5) is 5.69 Å². The van der Waals surface area contributed by atoms with Gasteiger partial charge >= 0.3 is 0 Å². The second-order valence-electron chi connectivity index (χ2n) is 4.71. The van der Waals surface area contributed by atoms with Crippen molar-refractivity contribution in [3.05, 3.63) is 52.2 Å². The van der Waals surface area contributed by atoms with Gasteiger partial charge in [0, 0.05) is 5.69 Å². The third-order valence-electron chi connectivity index (χ3n) is 2.83. The number of hydrogen-bond donors (Lipinski definition) is 3. The highest BCUT2D eigenvalue weighted by Crippen LogP contribution is 2.17. The first kappa shape index (κ1) is 14.3. The molecular formula is C15H17N3OS. The van der Waals surface area contributed by atoms with E-state index in [2.05, 4.69) is 24.5 Å². The fourth-order valence-electron chi connectivity index (χ4n) is 1.71. The van der Waals surface area contributed by atoms with Crippen molar-refractivity contribution in [2.24, 2.45) is 0 Å². The van der Waals surface area contributed by atoms with E-state index in [0.717, 1.165) is 5.69 Å². The molecule has 4 nitrogen and oxygen atoms in total. The van der Waals surface area contributed by atoms with E-state index in [1.165, 1.54) is 16.9 Å². The molecule has 0 aliphatic rings. The van der Waals surface area contributed by atoms with Crippen LogP contribution in [0.5, 0.6) is 0 Å². The Bertz CT molecular complexity index is 588. The molecule has 1 heterocycles. The molecule has 3 N–H and O–H groups in total. The molecule has 0 saturated heterocycles. The van der Waals surface area contributed by atoms with Crippen molar-refractivity contribution in [2.45, 2.75) is 19.8 Å². The van der Waals surface area contributed by atoms with Crippen LogP contribution in [0.3, 0.4) is 0 Å². The van der Waals surface area contributed by atoms with Crippen molar-refractivity contribution < 1.29 is 4.79 Å². The smallest absolute Gasteiger partial charge is 0.268 e. The summed E-state index contributed by atoms with van der Waals surface area (Å²) in [7, 11) is 0. The lowest BCUT2D eigenvalue weighted by Crippen LogP contribution is -2.34. The number of nitrogens with one attached hydrogen (secondary N) is 3. The van der Waals surface area contributed by atoms with Crippen LogP contribution in [0.15, 0.2) is 41.8 Å². The van der Waals surface area contributed by atoms with Gasteiger partial charge in [-0.1, -0.05) is 32.0 Å². The minimum absolute atomic E-state index is 0.0271. The fourth-order valence-corrected chi connectivity index (χ4v) is 2.33. The Hall–Kier alpha value is -2.14. The molecule has 1 aromatic heterocycles. The van der Waals surface area contributed by atoms with E-state index < -0.39 is 0 Å². The molecule has 0 atom stereocenters. The molecule has 0 fully saturated rings. The quantitative estimate of drug-likeness (QED) is 0.596. The molecule has 0 bridgehead atoms. The summed E-state index contributed by atoms with van der Waals surface area (Å²) in [5.41, 5.74) is 2.02. The maximum absolute atomic E-state index is 11.8. The predicted molar refractivity (Wildman–Crippen MR) is 83.7 cm³/mol. The Kier molecular flexibility index (Phi) is 4.53. The number of carbonyl (C=O) groups excluding carboxylic acids is 1. The number of anilines is 1. The van der Waals surface area contributed by atoms with Crippen molar-refractivity contribution in [2.75, 3.05) is 5.32 Å². The van der Waals surface area contributed by atoms with Crippen LogP contribution in [-0.4, -0.2) is 11.9 Å². The van der Waals surface area contributed by atoms with Gasteiger partial charge in [-0.15, -0.1) is 11.3 Å². The van der Waals surface area contributed by atoms with Gasteiger partial charge in [-0.2, -0.15) is 0 Å². The van der Waals surface area contributed by atoms with E-state index in [-0.39, 0.29) is 11.9 Å². The van der Waals surface area contributed by atoms with E-state index in [9.17, 15) is 4.79 Å². The number of thiophene rings is 1. The third-order valence-corrected chi connectivity index (χ3v) is 3.70. The molecular weight excluding hydrogens is 270 g/mol. The number of hydrogen-bond acceptors (Lipinski definition) is 3. The van der Waals surface area contributed by atoms with Gasteiger partial charge in [-0.3, -0.25) is 15.5 Å². The summed E-state index contributed by atoms with van der Waals surface area (Å²) in [6.45, 7) is 4.26. The number of benzene rings is 1. The van der Waals surface area contributed by atoms with Crippen LogP contribution >= 0.6 is 11.3 Å². The Morgan fingerprint density at radius 3 is 2.45 bits per heavy atom. The molecule has 5 heteroatoms. The maximum atomic E-state index is 11.8. The maximum Gasteiger partial charge on any atom is 0.268 e. The third kappa shape index (κ3) is 3.68. The largest absolute Gasteiger partial charge is 0.326 e. The molecule has 104 valence electrons. The van der Waals surface area contributed by atoms with E-state index in [4.69, 9.17) is 5.41 Å². The van der Waals surface area contributed by atoms with Gasteiger partial charge < -0.3 is 5.32 Å². The Labute approximate surface area is 122 Å². The Morgan fingerprint density at radius 2 is 1.90 bits per heavy atom. The molecule has 1 amide bonds. The lowest BCUT2D eigenvalue weighted by atomic mass is 10.0. The molecule has 0 aliphatic heterocycles. The van der Waals surface area contributed by atoms with Gasteiger partial charge in [-0.25, -0.2) is 0 Å². The van der Waals surface area contributed by atoms with Crippen LogP contribution < -0.4 is 10.6 Å². The summed E-state index contributed by atoms with van der Waals surface area (Å²) in [5.74, 6) is 0.180. The molecule has 0 aliphatic carbocycles. The predicted octanol–water partition coefficient (Wildman–Crippen LogP) is 3.65. The van der Waals surface area contributed by atoms with Crippen LogP contribution in [-0.2, 0) is 0 Å². The molecule has 0 spiro atoms. The Balaban J connectivity index is 1.93. The zero-order valence-corrected chi connectivity index (χ0v) is 12.3. The van der Waals surface area contributed by atoms with Crippen molar-refractivity contribution in [3.8, 4) is 0 Å². The fraction of sp³-hybridized carbons (Fsp3) is 0.200. The SMILES string of the molecule is CC(C)c1ccc(NC(=N)NC(=O)c2cccs2)cc1. The average Bonchev–Trinajstić information content (AvgIpc) is 2.93. The van der Waals surface area contributed by atoms with E-state index in [0.29, 0.717) is 10.8 Å². The highest BCUT2D eigenvalue weighted by atomic mass is 32.1. The summed E-state index contributed by atoms with van der Waals surface area (Å²) in [6.07, 6.45) is 0. The van der Waals surface area contributed by atoms with Gasteiger partial charge in [0.05, 0.1) is 4.88 Å². The Morgan fingerprint density at radius 1 is 1.20 bits per heavy atom. The molecule has 0 radical (unpaired) electrons. The van der Waals surface area contributed by atoms with Gasteiger partial charge in [0.15, 0.2) is 5.96 Å². The topological polar surface area (TPSA) is 65.0 Å². The number of guanidine groups is 1. The highest BCUT2D eigenvalue weighted by Gasteiger charge is 2.08. The molecule has 0 unspecified atom stereocenters. The summed E-state index contributed by atoms with van der Waals surface area (Å²) >= 11 is 1.35. The second-order valence-corrected chi connectivity index (χ2v) is 5.66. The summed E-state index contributed by atoms with van der Waals surface area (Å²) in [6, 6.07) is 11.4. The number of carbonyl (C=O) groups is 1. The van der Waals surface area contributed by atoms with E-state index >= 15 is 0 Å². The van der Waals surface area contributed by atoms with Crippen LogP contribution in [0, 0.1) is 5.41 Å². The van der Waals surface area contributed by atoms with Crippen LogP contribution in [0.1, 0.15) is 35.0 Å². The molecule has 0 saturated carbocycles. The van der Waals surface area contributed by atoms with Crippen molar-refractivity contribution in [1.82, 2.24) is 5.32 Å². The lowest BCUT2D eigenvalue weighted by molar-refractivity contribution is 0.0981. The van der Waals surface area contributed by atoms with Gasteiger partial charge in [0.25, 0.3) is 5.91 Å². The van der Waals surface area contributed by atoms with E-state index in [1.54, 1.807) is 12.1 Å². The summed E-state index contributed by atoms with van der Waals surface area (Å²) in [5, 5.41) is 15.0. The van der Waals surface area contributed by atoms with Crippen molar-refractivity contribution in [1.29, 1.82) is 5.41 Å². The molecule has 1 aromatic carbocycles. The molecule has 2 rings (SSSR count). The first-order valence-electron chi connectivity index (χ1n) is 6.36. The summed E-state index contributed by atoms with van der Waals surface area (Å²) < 4.78 is 0. The van der Waals surface area contributed by atoms with Gasteiger partial charge in [0.1, 0.15) is 0 Å². The van der Waals surface area contributed by atoms with Crippen LogP contribution in [0.25, 0.3) is 0 Å². The first-order chi connectivity index (χ1) is 9.56. The van der Waals surface area contributed by atoms with Crippen LogP contribution in [0.2, 0.25) is 0 Å². The average molecular weight is 287 g/mol. The summed E-state index contributed by atoms with van der Waals surface area (Å²) in [4.78, 5) is 12.4. The number of rotatable bonds is 3. The van der Waals surface area contributed by atoms with E-state index in [1.807, 2.05) is 29.6 Å². The number of amides is 1. The van der Waals surface area contributed by atoms with Crippen molar-refractivity contribution in [3.63, 3.8) is 0 Å². The minimum Gasteiger partial charge on any atom is -0.326 e. The standard InChI is InChI=1S/C15H17N3OS/c1-10(2)11-5-7-12(8-6-11)17-15(16)18-14(19)13-4-3-9-20-13/h3-10H,1-2H3,(H3,16,17,18,19). The monoisotopic (exact) mass is 287 g/mol. The zero-order valence-electron chi connectivity index (χ0n) is 11.4.